The normalized spacial score (nSPS) is 11.7. The summed E-state index contributed by atoms with van der Waals surface area (Å²) in [6.07, 6.45) is -0.645. The van der Waals surface area contributed by atoms with E-state index in [0.29, 0.717) is 17.9 Å². The van der Waals surface area contributed by atoms with E-state index in [1.165, 1.54) is 6.92 Å². The Hall–Kier alpha value is -3.34. The Balaban J connectivity index is 1.58. The van der Waals surface area contributed by atoms with Gasteiger partial charge in [-0.15, -0.1) is 0 Å². The highest BCUT2D eigenvalue weighted by molar-refractivity contribution is 5.94. The summed E-state index contributed by atoms with van der Waals surface area (Å²) in [5, 5.41) is 5.06. The summed E-state index contributed by atoms with van der Waals surface area (Å²) >= 11 is 0. The number of amides is 1. The van der Waals surface area contributed by atoms with Gasteiger partial charge in [0.05, 0.1) is 7.11 Å². The molecule has 1 N–H and O–H groups in total. The average Bonchev–Trinajstić information content (AvgIpc) is 2.71. The largest absolute Gasteiger partial charge is 0.497 e. The van der Waals surface area contributed by atoms with Crippen molar-refractivity contribution in [1.29, 1.82) is 0 Å². The molecule has 0 spiro atoms. The zero-order valence-electron chi connectivity index (χ0n) is 16.2. The lowest BCUT2D eigenvalue weighted by Gasteiger charge is -2.15. The van der Waals surface area contributed by atoms with Gasteiger partial charge in [-0.2, -0.15) is 0 Å². The maximum absolute atomic E-state index is 12.3. The predicted octanol–water partition coefficient (Wildman–Crippen LogP) is 4.13. The van der Waals surface area contributed by atoms with Crippen molar-refractivity contribution >= 4 is 22.5 Å². The number of hydrogen-bond donors (Lipinski definition) is 1. The van der Waals surface area contributed by atoms with Gasteiger partial charge in [0, 0.05) is 12.1 Å². The first kappa shape index (κ1) is 19.4. The van der Waals surface area contributed by atoms with E-state index in [0.717, 1.165) is 22.1 Å². The molecule has 28 heavy (non-hydrogen) atoms. The molecule has 0 aromatic heterocycles. The molecular weight excluding hydrogens is 354 g/mol. The maximum atomic E-state index is 12.3. The fourth-order valence-electron chi connectivity index (χ4n) is 2.87. The number of rotatable bonds is 7. The number of ketones is 1. The lowest BCUT2D eigenvalue weighted by Crippen LogP contribution is -2.35. The molecule has 5 heteroatoms. The Morgan fingerprint density at radius 2 is 1.57 bits per heavy atom. The first-order valence-corrected chi connectivity index (χ1v) is 9.08. The van der Waals surface area contributed by atoms with E-state index in [-0.39, 0.29) is 11.7 Å². The average molecular weight is 377 g/mol. The van der Waals surface area contributed by atoms with E-state index in [4.69, 9.17) is 9.47 Å². The van der Waals surface area contributed by atoms with Crippen LogP contribution in [0.1, 0.15) is 29.8 Å². The number of ether oxygens (including phenoxy) is 2. The van der Waals surface area contributed by atoms with Crippen LogP contribution in [0.5, 0.6) is 11.5 Å². The minimum atomic E-state index is -0.645. The first-order valence-electron chi connectivity index (χ1n) is 9.08. The molecule has 0 saturated heterocycles. The summed E-state index contributed by atoms with van der Waals surface area (Å²) in [6, 6.07) is 18.7. The molecule has 144 valence electrons. The van der Waals surface area contributed by atoms with Crippen LogP contribution in [0.25, 0.3) is 10.8 Å². The molecule has 0 saturated carbocycles. The zero-order chi connectivity index (χ0) is 20.1. The second-order valence-corrected chi connectivity index (χ2v) is 6.61. The number of methoxy groups -OCH3 is 1. The lowest BCUT2D eigenvalue weighted by molar-refractivity contribution is -0.127. The van der Waals surface area contributed by atoms with Crippen molar-refractivity contribution in [3.05, 3.63) is 71.8 Å². The Morgan fingerprint density at radius 1 is 0.929 bits per heavy atom. The Labute approximate surface area is 164 Å². The third kappa shape index (κ3) is 4.68. The van der Waals surface area contributed by atoms with Gasteiger partial charge in [-0.1, -0.05) is 18.2 Å². The highest BCUT2D eigenvalue weighted by atomic mass is 16.5. The first-order chi connectivity index (χ1) is 13.5. The van der Waals surface area contributed by atoms with Crippen molar-refractivity contribution < 1.29 is 19.1 Å². The number of nitrogens with one attached hydrogen (secondary N) is 1. The van der Waals surface area contributed by atoms with Crippen molar-refractivity contribution in [1.82, 2.24) is 5.32 Å². The fraction of sp³-hybridized carbons (Fsp3) is 0.217. The highest BCUT2D eigenvalue weighted by Crippen LogP contribution is 2.22. The van der Waals surface area contributed by atoms with Gasteiger partial charge in [0.1, 0.15) is 11.5 Å². The van der Waals surface area contributed by atoms with Gasteiger partial charge in [-0.25, -0.2) is 0 Å². The zero-order valence-corrected chi connectivity index (χ0v) is 16.2. The number of fused-ring (bicyclic) bond motifs is 1. The molecule has 5 nitrogen and oxygen atoms in total. The topological polar surface area (TPSA) is 64.6 Å². The van der Waals surface area contributed by atoms with E-state index in [9.17, 15) is 9.59 Å². The molecule has 0 aliphatic carbocycles. The SMILES string of the molecule is COc1ccc2cc(CNC(=O)[C@H](C)Oc3ccc(C(C)=O)cc3)ccc2c1. The molecule has 0 aliphatic heterocycles. The third-order valence-electron chi connectivity index (χ3n) is 4.52. The summed E-state index contributed by atoms with van der Waals surface area (Å²) in [6.45, 7) is 3.62. The van der Waals surface area contributed by atoms with Gasteiger partial charge >= 0.3 is 0 Å². The van der Waals surface area contributed by atoms with Crippen LogP contribution in [0.15, 0.2) is 60.7 Å². The van der Waals surface area contributed by atoms with Crippen LogP contribution in [0, 0.1) is 0 Å². The second-order valence-electron chi connectivity index (χ2n) is 6.61. The van der Waals surface area contributed by atoms with E-state index in [1.807, 2.05) is 36.4 Å². The standard InChI is InChI=1S/C23H23NO4/c1-15(25)18-6-9-21(10-7-18)28-16(2)23(26)24-14-17-4-5-20-13-22(27-3)11-8-19(20)12-17/h4-13,16H,14H2,1-3H3,(H,24,26)/t16-/m0/s1. The minimum absolute atomic E-state index is 0.00818. The maximum Gasteiger partial charge on any atom is 0.261 e. The molecule has 1 amide bonds. The van der Waals surface area contributed by atoms with Gasteiger partial charge in [0.25, 0.3) is 5.91 Å². The molecule has 0 unspecified atom stereocenters. The van der Waals surface area contributed by atoms with Crippen molar-refractivity contribution in [3.63, 3.8) is 0 Å². The van der Waals surface area contributed by atoms with Gasteiger partial charge in [-0.3, -0.25) is 9.59 Å². The van der Waals surface area contributed by atoms with Gasteiger partial charge < -0.3 is 14.8 Å². The van der Waals surface area contributed by atoms with Crippen molar-refractivity contribution in [2.24, 2.45) is 0 Å². The number of carbonyl (C=O) groups excluding carboxylic acids is 2. The summed E-state index contributed by atoms with van der Waals surface area (Å²) in [7, 11) is 1.64. The molecule has 0 bridgehead atoms. The van der Waals surface area contributed by atoms with Crippen LogP contribution in [-0.4, -0.2) is 24.9 Å². The monoisotopic (exact) mass is 377 g/mol. The number of hydrogen-bond acceptors (Lipinski definition) is 4. The van der Waals surface area contributed by atoms with Crippen LogP contribution in [0.2, 0.25) is 0 Å². The van der Waals surface area contributed by atoms with Gasteiger partial charge in [-0.05, 0) is 72.6 Å². The lowest BCUT2D eigenvalue weighted by atomic mass is 10.1. The molecule has 3 aromatic rings. The molecule has 0 fully saturated rings. The molecule has 3 rings (SSSR count). The van der Waals surface area contributed by atoms with Crippen molar-refractivity contribution in [2.45, 2.75) is 26.5 Å². The highest BCUT2D eigenvalue weighted by Gasteiger charge is 2.14. The molecular formula is C23H23NO4. The summed E-state index contributed by atoms with van der Waals surface area (Å²) in [4.78, 5) is 23.6. The Kier molecular flexibility index (Phi) is 5.94. The van der Waals surface area contributed by atoms with E-state index < -0.39 is 6.10 Å². The fourth-order valence-corrected chi connectivity index (χ4v) is 2.87. The number of carbonyl (C=O) groups is 2. The molecule has 0 heterocycles. The van der Waals surface area contributed by atoms with Crippen LogP contribution in [-0.2, 0) is 11.3 Å². The number of benzene rings is 3. The second kappa shape index (κ2) is 8.57. The van der Waals surface area contributed by atoms with E-state index >= 15 is 0 Å². The van der Waals surface area contributed by atoms with Crippen LogP contribution < -0.4 is 14.8 Å². The van der Waals surface area contributed by atoms with Crippen LogP contribution in [0.3, 0.4) is 0 Å². The Morgan fingerprint density at radius 3 is 2.25 bits per heavy atom. The van der Waals surface area contributed by atoms with Crippen molar-refractivity contribution in [2.75, 3.05) is 7.11 Å². The molecule has 3 aromatic carbocycles. The van der Waals surface area contributed by atoms with E-state index in [1.54, 1.807) is 38.3 Å². The van der Waals surface area contributed by atoms with Gasteiger partial charge in [0.2, 0.25) is 0 Å². The van der Waals surface area contributed by atoms with Crippen LogP contribution >= 0.6 is 0 Å². The van der Waals surface area contributed by atoms with E-state index in [2.05, 4.69) is 5.32 Å². The molecule has 1 atom stereocenters. The Bertz CT molecular complexity index is 995. The smallest absolute Gasteiger partial charge is 0.261 e. The summed E-state index contributed by atoms with van der Waals surface area (Å²) < 4.78 is 10.9. The van der Waals surface area contributed by atoms with Crippen LogP contribution in [0.4, 0.5) is 0 Å². The number of Topliss-reactive ketones (excluding diaryl/α,β-unsaturated/α-hetero) is 1. The molecule has 0 radical (unpaired) electrons. The summed E-state index contributed by atoms with van der Waals surface area (Å²) in [5.74, 6) is 1.15. The summed E-state index contributed by atoms with van der Waals surface area (Å²) in [5.41, 5.74) is 1.61. The third-order valence-corrected chi connectivity index (χ3v) is 4.52. The predicted molar refractivity (Wildman–Crippen MR) is 109 cm³/mol. The minimum Gasteiger partial charge on any atom is -0.497 e. The molecule has 0 aliphatic rings. The van der Waals surface area contributed by atoms with Gasteiger partial charge in [0.15, 0.2) is 11.9 Å². The quantitative estimate of drug-likeness (QED) is 0.629. The van der Waals surface area contributed by atoms with Crippen molar-refractivity contribution in [3.8, 4) is 11.5 Å².